The minimum absolute atomic E-state index is 0.0130. The van der Waals surface area contributed by atoms with Gasteiger partial charge in [-0.1, -0.05) is 0 Å². The van der Waals surface area contributed by atoms with Crippen LogP contribution in [0, 0.1) is 6.92 Å². The highest BCUT2D eigenvalue weighted by atomic mass is 32.2. The Bertz CT molecular complexity index is 1010. The highest BCUT2D eigenvalue weighted by Crippen LogP contribution is 2.25. The number of furan rings is 1. The van der Waals surface area contributed by atoms with Gasteiger partial charge in [0.05, 0.1) is 13.7 Å². The molecular formula is C17H17F3N2O6S. The number of aryl methyl sites for hydroxylation is 1. The van der Waals surface area contributed by atoms with Crippen LogP contribution in [0.1, 0.15) is 32.2 Å². The minimum atomic E-state index is -5.55. The van der Waals surface area contributed by atoms with Gasteiger partial charge in [0, 0.05) is 18.3 Å². The molecule has 0 spiro atoms. The van der Waals surface area contributed by atoms with Crippen molar-refractivity contribution in [3.8, 4) is 0 Å². The minimum Gasteiger partial charge on any atom is -0.465 e. The number of benzene rings is 1. The van der Waals surface area contributed by atoms with Gasteiger partial charge >= 0.3 is 21.5 Å². The van der Waals surface area contributed by atoms with E-state index in [1.165, 1.54) is 42.0 Å². The van der Waals surface area contributed by atoms with Gasteiger partial charge in [-0.2, -0.15) is 21.6 Å². The normalized spacial score (nSPS) is 11.8. The topological polar surface area (TPSA) is 106 Å². The molecule has 0 aliphatic carbocycles. The predicted molar refractivity (Wildman–Crippen MR) is 95.6 cm³/mol. The second-order valence-electron chi connectivity index (χ2n) is 5.96. The quantitative estimate of drug-likeness (QED) is 0.701. The first-order chi connectivity index (χ1) is 13.4. The summed E-state index contributed by atoms with van der Waals surface area (Å²) in [4.78, 5) is 25.3. The van der Waals surface area contributed by atoms with Crippen molar-refractivity contribution in [2.24, 2.45) is 0 Å². The fourth-order valence-corrected chi connectivity index (χ4v) is 2.92. The predicted octanol–water partition coefficient (Wildman–Crippen LogP) is 2.91. The van der Waals surface area contributed by atoms with E-state index in [4.69, 9.17) is 4.42 Å². The number of halogens is 3. The van der Waals surface area contributed by atoms with Gasteiger partial charge in [0.25, 0.3) is 5.91 Å². The Morgan fingerprint density at radius 1 is 1.21 bits per heavy atom. The molecule has 29 heavy (non-hydrogen) atoms. The number of esters is 1. The van der Waals surface area contributed by atoms with Gasteiger partial charge in [-0.25, -0.2) is 4.79 Å². The van der Waals surface area contributed by atoms with E-state index in [1.54, 1.807) is 6.92 Å². The summed E-state index contributed by atoms with van der Waals surface area (Å²) in [5.41, 5.74) is -5.46. The Balaban J connectivity index is 2.09. The van der Waals surface area contributed by atoms with Crippen molar-refractivity contribution in [2.75, 3.05) is 18.9 Å². The maximum atomic E-state index is 12.5. The number of rotatable bonds is 6. The lowest BCUT2D eigenvalue weighted by Crippen LogP contribution is -2.30. The Morgan fingerprint density at radius 2 is 1.79 bits per heavy atom. The molecule has 0 aliphatic heterocycles. The van der Waals surface area contributed by atoms with Gasteiger partial charge in [-0.05, 0) is 37.3 Å². The lowest BCUT2D eigenvalue weighted by molar-refractivity contribution is -0.0429. The summed E-state index contributed by atoms with van der Waals surface area (Å²) in [7, 11) is -2.87. The molecule has 1 N–H and O–H groups in total. The van der Waals surface area contributed by atoms with E-state index in [0.717, 1.165) is 12.1 Å². The second-order valence-corrected chi connectivity index (χ2v) is 7.64. The van der Waals surface area contributed by atoms with E-state index in [1.807, 2.05) is 0 Å². The molecule has 0 radical (unpaired) electrons. The van der Waals surface area contributed by atoms with Crippen LogP contribution >= 0.6 is 0 Å². The van der Waals surface area contributed by atoms with Crippen molar-refractivity contribution in [3.05, 3.63) is 53.0 Å². The molecule has 2 aromatic rings. The number of carbonyl (C=O) groups is 2. The van der Waals surface area contributed by atoms with E-state index in [2.05, 4.69) is 4.74 Å². The number of hydrogen-bond acceptors (Lipinski definition) is 6. The molecule has 1 aromatic heterocycles. The fourth-order valence-electron chi connectivity index (χ4n) is 2.35. The van der Waals surface area contributed by atoms with Crippen molar-refractivity contribution >= 4 is 27.6 Å². The summed E-state index contributed by atoms with van der Waals surface area (Å²) in [5, 5.41) is 0. The van der Waals surface area contributed by atoms with Crippen LogP contribution in [0.25, 0.3) is 0 Å². The highest BCUT2D eigenvalue weighted by molar-refractivity contribution is 7.93. The summed E-state index contributed by atoms with van der Waals surface area (Å²) in [5.74, 6) is -0.422. The molecule has 2 rings (SSSR count). The number of carbonyl (C=O) groups excluding carboxylic acids is 2. The van der Waals surface area contributed by atoms with Gasteiger partial charge < -0.3 is 14.1 Å². The van der Waals surface area contributed by atoms with E-state index in [0.29, 0.717) is 11.5 Å². The van der Waals surface area contributed by atoms with Crippen molar-refractivity contribution in [2.45, 2.75) is 19.0 Å². The molecule has 0 bridgehead atoms. The number of amides is 1. The largest absolute Gasteiger partial charge is 0.516 e. The first kappa shape index (κ1) is 22.3. The van der Waals surface area contributed by atoms with Crippen LogP contribution in [0.4, 0.5) is 18.9 Å². The van der Waals surface area contributed by atoms with Crippen LogP contribution in [0.2, 0.25) is 0 Å². The molecule has 0 atom stereocenters. The first-order valence-corrected chi connectivity index (χ1v) is 9.46. The summed E-state index contributed by atoms with van der Waals surface area (Å²) in [6.07, 6.45) is 0. The van der Waals surface area contributed by atoms with Crippen molar-refractivity contribution in [1.29, 1.82) is 0 Å². The fraction of sp³-hybridized carbons (Fsp3) is 0.294. The SMILES string of the molecule is COC(=O)c1cc(CN(C)C(=O)c2ccc(NS(=O)(=O)C(F)(F)F)cc2)oc1C. The molecule has 0 aliphatic rings. The average molecular weight is 434 g/mol. The number of sulfonamides is 1. The van der Waals surface area contributed by atoms with Crippen LogP contribution < -0.4 is 4.72 Å². The number of nitrogens with one attached hydrogen (secondary N) is 1. The number of hydrogen-bond donors (Lipinski definition) is 1. The van der Waals surface area contributed by atoms with Gasteiger partial charge in [0.2, 0.25) is 0 Å². The molecule has 1 amide bonds. The maximum absolute atomic E-state index is 12.5. The number of nitrogens with zero attached hydrogens (tertiary/aromatic N) is 1. The van der Waals surface area contributed by atoms with Crippen LogP contribution in [-0.2, 0) is 21.3 Å². The summed E-state index contributed by atoms with van der Waals surface area (Å²) < 4.78 is 70.8. The summed E-state index contributed by atoms with van der Waals surface area (Å²) in [6, 6.07) is 5.88. The van der Waals surface area contributed by atoms with Crippen molar-refractivity contribution in [1.82, 2.24) is 4.90 Å². The molecule has 0 saturated carbocycles. The zero-order valence-corrected chi connectivity index (χ0v) is 16.3. The smallest absolute Gasteiger partial charge is 0.465 e. The molecule has 0 saturated heterocycles. The molecule has 0 fully saturated rings. The number of ether oxygens (including phenoxy) is 1. The zero-order valence-electron chi connectivity index (χ0n) is 15.5. The van der Waals surface area contributed by atoms with Gasteiger partial charge in [0.1, 0.15) is 17.1 Å². The monoisotopic (exact) mass is 434 g/mol. The zero-order chi connectivity index (χ0) is 22.0. The average Bonchev–Trinajstić information content (AvgIpc) is 3.00. The number of anilines is 1. The van der Waals surface area contributed by atoms with Crippen molar-refractivity contribution in [3.63, 3.8) is 0 Å². The lowest BCUT2D eigenvalue weighted by Gasteiger charge is -2.16. The van der Waals surface area contributed by atoms with E-state index in [-0.39, 0.29) is 23.4 Å². The van der Waals surface area contributed by atoms with Gasteiger partial charge in [-0.15, -0.1) is 0 Å². The van der Waals surface area contributed by atoms with E-state index < -0.39 is 27.4 Å². The number of methoxy groups -OCH3 is 1. The maximum Gasteiger partial charge on any atom is 0.516 e. The van der Waals surface area contributed by atoms with Crippen LogP contribution in [0.3, 0.4) is 0 Å². The van der Waals surface area contributed by atoms with Crippen LogP contribution in [0.15, 0.2) is 34.7 Å². The highest BCUT2D eigenvalue weighted by Gasteiger charge is 2.46. The molecule has 158 valence electrons. The molecular weight excluding hydrogens is 417 g/mol. The third kappa shape index (κ3) is 5.08. The Labute approximate surface area is 164 Å². The summed E-state index contributed by atoms with van der Waals surface area (Å²) >= 11 is 0. The second kappa shape index (κ2) is 8.15. The Morgan fingerprint density at radius 3 is 2.31 bits per heavy atom. The first-order valence-electron chi connectivity index (χ1n) is 7.98. The molecule has 0 unspecified atom stereocenters. The Hall–Kier alpha value is -3.02. The third-order valence-electron chi connectivity index (χ3n) is 3.80. The van der Waals surface area contributed by atoms with Crippen LogP contribution in [-0.4, -0.2) is 44.9 Å². The third-order valence-corrected chi connectivity index (χ3v) is 4.92. The van der Waals surface area contributed by atoms with Gasteiger partial charge in [0.15, 0.2) is 0 Å². The number of alkyl halides is 3. The lowest BCUT2D eigenvalue weighted by atomic mass is 10.2. The van der Waals surface area contributed by atoms with Crippen molar-refractivity contribution < 1.29 is 40.3 Å². The summed E-state index contributed by atoms with van der Waals surface area (Å²) in [6.45, 7) is 1.58. The Kier molecular flexibility index (Phi) is 6.26. The molecule has 8 nitrogen and oxygen atoms in total. The van der Waals surface area contributed by atoms with Crippen LogP contribution in [0.5, 0.6) is 0 Å². The van der Waals surface area contributed by atoms with E-state index >= 15 is 0 Å². The van der Waals surface area contributed by atoms with Gasteiger partial charge in [-0.3, -0.25) is 9.52 Å². The molecule has 12 heteroatoms. The molecule has 1 aromatic carbocycles. The standard InChI is InChI=1S/C17H17F3N2O6S/c1-10-14(16(24)27-3)8-13(28-10)9-22(2)15(23)11-4-6-12(7-5-11)21-29(25,26)17(18,19)20/h4-8,21H,9H2,1-3H3. The van der Waals surface area contributed by atoms with E-state index in [9.17, 15) is 31.2 Å². The molecule has 1 heterocycles.